The Kier molecular flexibility index (Phi) is 4.92. The first kappa shape index (κ1) is 18.3. The van der Waals surface area contributed by atoms with Gasteiger partial charge in [-0.3, -0.25) is 4.79 Å². The Balaban J connectivity index is 1.41. The summed E-state index contributed by atoms with van der Waals surface area (Å²) >= 11 is 6.11. The second kappa shape index (κ2) is 7.52. The molecule has 0 saturated heterocycles. The van der Waals surface area contributed by atoms with Crippen LogP contribution in [0.1, 0.15) is 29.7 Å². The van der Waals surface area contributed by atoms with Crippen molar-refractivity contribution in [2.75, 3.05) is 5.32 Å². The van der Waals surface area contributed by atoms with Gasteiger partial charge in [-0.05, 0) is 52.6 Å². The van der Waals surface area contributed by atoms with E-state index in [1.54, 1.807) is 0 Å². The Hall–Kier alpha value is -3.05. The van der Waals surface area contributed by atoms with Gasteiger partial charge in [0.25, 0.3) is 0 Å². The van der Waals surface area contributed by atoms with Crippen molar-refractivity contribution in [1.82, 2.24) is 10.6 Å². The molecule has 3 aromatic carbocycles. The van der Waals surface area contributed by atoms with E-state index in [2.05, 4.69) is 16.0 Å². The van der Waals surface area contributed by atoms with Crippen molar-refractivity contribution >= 4 is 40.0 Å². The first-order valence-corrected chi connectivity index (χ1v) is 9.51. The molecule has 1 aliphatic rings. The molecule has 0 radical (unpaired) electrons. The van der Waals surface area contributed by atoms with Crippen molar-refractivity contribution in [3.8, 4) is 0 Å². The number of halogens is 1. The number of hydrogen-bond donors (Lipinski definition) is 3. The molecule has 0 fully saturated rings. The largest absolute Gasteiger partial charge is 0.334 e. The minimum absolute atomic E-state index is 0.000645. The molecule has 3 amide bonds. The summed E-state index contributed by atoms with van der Waals surface area (Å²) < 4.78 is 0. The molecule has 0 aliphatic carbocycles. The zero-order chi connectivity index (χ0) is 19.7. The van der Waals surface area contributed by atoms with Gasteiger partial charge in [-0.1, -0.05) is 48.0 Å². The van der Waals surface area contributed by atoms with E-state index in [4.69, 9.17) is 11.6 Å². The Labute approximate surface area is 168 Å². The fraction of sp³-hybridized carbons (Fsp3) is 0.182. The summed E-state index contributed by atoms with van der Waals surface area (Å²) in [5.74, 6) is 0.000645. The van der Waals surface area contributed by atoms with Crippen molar-refractivity contribution in [1.29, 1.82) is 0 Å². The second-order valence-electron chi connectivity index (χ2n) is 6.97. The molecule has 1 aliphatic heterocycles. The van der Waals surface area contributed by atoms with Crippen LogP contribution in [0, 0.1) is 0 Å². The smallest absolute Gasteiger partial charge is 0.315 e. The highest BCUT2D eigenvalue weighted by Gasteiger charge is 2.19. The predicted molar refractivity (Wildman–Crippen MR) is 112 cm³/mol. The third-order valence-corrected chi connectivity index (χ3v) is 5.21. The minimum atomic E-state index is -0.249. The molecule has 3 N–H and O–H groups in total. The Morgan fingerprint density at radius 2 is 2.04 bits per heavy atom. The quantitative estimate of drug-likeness (QED) is 0.608. The van der Waals surface area contributed by atoms with Crippen molar-refractivity contribution in [2.24, 2.45) is 0 Å². The van der Waals surface area contributed by atoms with Gasteiger partial charge >= 0.3 is 6.03 Å². The summed E-state index contributed by atoms with van der Waals surface area (Å²) in [5, 5.41) is 11.4. The number of hydrogen-bond acceptors (Lipinski definition) is 2. The normalized spacial score (nSPS) is 13.7. The number of amides is 3. The van der Waals surface area contributed by atoms with Crippen LogP contribution in [0.3, 0.4) is 0 Å². The summed E-state index contributed by atoms with van der Waals surface area (Å²) in [5.41, 5.74) is 3.77. The lowest BCUT2D eigenvalue weighted by atomic mass is 10.0. The molecule has 6 heteroatoms. The maximum Gasteiger partial charge on any atom is 0.315 e. The molecule has 1 unspecified atom stereocenters. The number of benzene rings is 3. The van der Waals surface area contributed by atoms with Gasteiger partial charge in [0, 0.05) is 17.3 Å². The topological polar surface area (TPSA) is 70.2 Å². The first-order chi connectivity index (χ1) is 13.5. The number of rotatable bonds is 4. The van der Waals surface area contributed by atoms with E-state index in [1.165, 1.54) is 0 Å². The standard InChI is InChI=1S/C22H20ClN3O2/c1-13(15-6-8-20-17(9-15)10-21(27)26-20)25-22(28)24-12-16-4-2-3-14-5-7-18(23)11-19(14)16/h2-9,11,13H,10,12H2,1H3,(H,26,27)(H2,24,25,28). The maximum absolute atomic E-state index is 12.4. The molecule has 1 atom stereocenters. The molecule has 0 bridgehead atoms. The van der Waals surface area contributed by atoms with E-state index < -0.39 is 0 Å². The molecule has 3 aromatic rings. The van der Waals surface area contributed by atoms with Crippen molar-refractivity contribution < 1.29 is 9.59 Å². The number of carbonyl (C=O) groups is 2. The summed E-state index contributed by atoms with van der Waals surface area (Å²) in [6, 6.07) is 17.0. The summed E-state index contributed by atoms with van der Waals surface area (Å²) in [6.07, 6.45) is 0.381. The summed E-state index contributed by atoms with van der Waals surface area (Å²) in [4.78, 5) is 23.9. The maximum atomic E-state index is 12.4. The van der Waals surface area contributed by atoms with Crippen molar-refractivity contribution in [3.05, 3.63) is 76.3 Å². The van der Waals surface area contributed by atoms with E-state index in [-0.39, 0.29) is 18.0 Å². The second-order valence-corrected chi connectivity index (χ2v) is 7.41. The van der Waals surface area contributed by atoms with Crippen molar-refractivity contribution in [2.45, 2.75) is 25.9 Å². The Bertz CT molecular complexity index is 1080. The molecular weight excluding hydrogens is 374 g/mol. The highest BCUT2D eigenvalue weighted by Crippen LogP contribution is 2.26. The Morgan fingerprint density at radius 1 is 1.18 bits per heavy atom. The van der Waals surface area contributed by atoms with Crippen LogP contribution in [0.4, 0.5) is 10.5 Å². The van der Waals surface area contributed by atoms with Crippen LogP contribution >= 0.6 is 11.6 Å². The molecular formula is C22H20ClN3O2. The molecule has 142 valence electrons. The van der Waals surface area contributed by atoms with Gasteiger partial charge in [-0.25, -0.2) is 4.79 Å². The van der Waals surface area contributed by atoms with E-state index in [0.29, 0.717) is 18.0 Å². The monoisotopic (exact) mass is 393 g/mol. The van der Waals surface area contributed by atoms with Gasteiger partial charge < -0.3 is 16.0 Å². The van der Waals surface area contributed by atoms with Crippen LogP contribution in [0.15, 0.2) is 54.6 Å². The van der Waals surface area contributed by atoms with Gasteiger partial charge in [0.15, 0.2) is 0 Å². The lowest BCUT2D eigenvalue weighted by Crippen LogP contribution is -2.36. The number of nitrogens with one attached hydrogen (secondary N) is 3. The fourth-order valence-corrected chi connectivity index (χ4v) is 3.66. The van der Waals surface area contributed by atoms with Gasteiger partial charge in [-0.15, -0.1) is 0 Å². The number of urea groups is 1. The zero-order valence-electron chi connectivity index (χ0n) is 15.4. The molecule has 0 spiro atoms. The van der Waals surface area contributed by atoms with Crippen LogP contribution in [-0.4, -0.2) is 11.9 Å². The summed E-state index contributed by atoms with van der Waals surface area (Å²) in [6.45, 7) is 2.32. The first-order valence-electron chi connectivity index (χ1n) is 9.14. The average Bonchev–Trinajstić information content (AvgIpc) is 3.05. The number of anilines is 1. The van der Waals surface area contributed by atoms with E-state index in [1.807, 2.05) is 61.5 Å². The van der Waals surface area contributed by atoms with Gasteiger partial charge in [-0.2, -0.15) is 0 Å². The SMILES string of the molecule is CC(NC(=O)NCc1cccc2ccc(Cl)cc12)c1ccc2c(c1)CC(=O)N2. The summed E-state index contributed by atoms with van der Waals surface area (Å²) in [7, 11) is 0. The molecule has 5 nitrogen and oxygen atoms in total. The molecule has 1 heterocycles. The van der Waals surface area contributed by atoms with Crippen LogP contribution in [0.5, 0.6) is 0 Å². The lowest BCUT2D eigenvalue weighted by Gasteiger charge is -2.16. The molecule has 0 saturated carbocycles. The highest BCUT2D eigenvalue weighted by molar-refractivity contribution is 6.31. The number of carbonyl (C=O) groups excluding carboxylic acids is 2. The van der Waals surface area contributed by atoms with Crippen LogP contribution in [-0.2, 0) is 17.8 Å². The van der Waals surface area contributed by atoms with Crippen LogP contribution in [0.2, 0.25) is 5.02 Å². The minimum Gasteiger partial charge on any atom is -0.334 e. The van der Waals surface area contributed by atoms with Crippen molar-refractivity contribution in [3.63, 3.8) is 0 Å². The highest BCUT2D eigenvalue weighted by atomic mass is 35.5. The molecule has 4 rings (SSSR count). The van der Waals surface area contributed by atoms with Crippen LogP contribution in [0.25, 0.3) is 10.8 Å². The number of fused-ring (bicyclic) bond motifs is 2. The van der Waals surface area contributed by atoms with Gasteiger partial charge in [0.2, 0.25) is 5.91 Å². The molecule has 0 aromatic heterocycles. The zero-order valence-corrected chi connectivity index (χ0v) is 16.1. The lowest BCUT2D eigenvalue weighted by molar-refractivity contribution is -0.115. The third-order valence-electron chi connectivity index (χ3n) is 4.98. The van der Waals surface area contributed by atoms with Gasteiger partial charge in [0.1, 0.15) is 0 Å². The fourth-order valence-electron chi connectivity index (χ4n) is 3.49. The Morgan fingerprint density at radius 3 is 2.89 bits per heavy atom. The van der Waals surface area contributed by atoms with E-state index >= 15 is 0 Å². The molecule has 28 heavy (non-hydrogen) atoms. The van der Waals surface area contributed by atoms with E-state index in [9.17, 15) is 9.59 Å². The third kappa shape index (κ3) is 3.80. The van der Waals surface area contributed by atoms with Gasteiger partial charge in [0.05, 0.1) is 12.5 Å². The predicted octanol–water partition coefficient (Wildman–Crippen LogP) is 4.55. The average molecular weight is 394 g/mol. The van der Waals surface area contributed by atoms with E-state index in [0.717, 1.165) is 33.2 Å². The van der Waals surface area contributed by atoms with Crippen LogP contribution < -0.4 is 16.0 Å².